The number of aliphatic hydroxyl groups excluding tert-OH is 1. The molecule has 0 aromatic heterocycles. The maximum atomic E-state index is 9.76. The highest BCUT2D eigenvalue weighted by Crippen LogP contribution is 2.33. The molecule has 0 spiro atoms. The SMILES string of the molecule is CCCCOCC(O)CNCC1Cc2ccccc21. The summed E-state index contributed by atoms with van der Waals surface area (Å²) in [5, 5.41) is 13.1. The minimum Gasteiger partial charge on any atom is -0.389 e. The zero-order valence-electron chi connectivity index (χ0n) is 11.8. The lowest BCUT2D eigenvalue weighted by atomic mass is 9.77. The second kappa shape index (κ2) is 7.63. The number of ether oxygens (including phenoxy) is 1. The molecule has 0 aliphatic heterocycles. The Balaban J connectivity index is 1.55. The van der Waals surface area contributed by atoms with Gasteiger partial charge in [0.15, 0.2) is 0 Å². The molecule has 3 heteroatoms. The highest BCUT2D eigenvalue weighted by Gasteiger charge is 2.24. The Labute approximate surface area is 116 Å². The number of fused-ring (bicyclic) bond motifs is 1. The quantitative estimate of drug-likeness (QED) is 0.670. The van der Waals surface area contributed by atoms with Gasteiger partial charge >= 0.3 is 0 Å². The number of hydrogen-bond acceptors (Lipinski definition) is 3. The van der Waals surface area contributed by atoms with Gasteiger partial charge in [0.2, 0.25) is 0 Å². The second-order valence-corrected chi connectivity index (χ2v) is 5.34. The van der Waals surface area contributed by atoms with Crippen LogP contribution in [0, 0.1) is 0 Å². The molecule has 2 rings (SSSR count). The number of benzene rings is 1. The Morgan fingerprint density at radius 2 is 2.26 bits per heavy atom. The molecule has 106 valence electrons. The molecule has 3 nitrogen and oxygen atoms in total. The van der Waals surface area contributed by atoms with Gasteiger partial charge in [0.05, 0.1) is 12.7 Å². The first-order chi connectivity index (χ1) is 9.31. The molecule has 0 fully saturated rings. The summed E-state index contributed by atoms with van der Waals surface area (Å²) in [6, 6.07) is 8.60. The van der Waals surface area contributed by atoms with Crippen molar-refractivity contribution in [2.75, 3.05) is 26.3 Å². The number of unbranched alkanes of at least 4 members (excludes halogenated alkanes) is 1. The van der Waals surface area contributed by atoms with Crippen LogP contribution in [0.4, 0.5) is 0 Å². The van der Waals surface area contributed by atoms with E-state index >= 15 is 0 Å². The fourth-order valence-electron chi connectivity index (χ4n) is 2.49. The first kappa shape index (κ1) is 14.5. The summed E-state index contributed by atoms with van der Waals surface area (Å²) < 4.78 is 5.40. The van der Waals surface area contributed by atoms with Crippen LogP contribution >= 0.6 is 0 Å². The van der Waals surface area contributed by atoms with Crippen molar-refractivity contribution >= 4 is 0 Å². The fraction of sp³-hybridized carbons (Fsp3) is 0.625. The largest absolute Gasteiger partial charge is 0.389 e. The molecule has 2 unspecified atom stereocenters. The molecule has 0 radical (unpaired) electrons. The number of aliphatic hydroxyl groups is 1. The molecule has 0 saturated carbocycles. The Morgan fingerprint density at radius 1 is 1.42 bits per heavy atom. The molecule has 1 aromatic carbocycles. The van der Waals surface area contributed by atoms with Crippen LogP contribution in [0.2, 0.25) is 0 Å². The minimum absolute atomic E-state index is 0.396. The lowest BCUT2D eigenvalue weighted by Gasteiger charge is -2.30. The average Bonchev–Trinajstić information content (AvgIpc) is 2.40. The normalized spacial score (nSPS) is 18.7. The average molecular weight is 263 g/mol. The molecule has 0 heterocycles. The standard InChI is InChI=1S/C16H25NO2/c1-2-3-8-19-12-15(18)11-17-10-14-9-13-6-4-5-7-16(13)14/h4-7,14-15,17-18H,2-3,8-12H2,1H3. The number of nitrogens with one attached hydrogen (secondary N) is 1. The summed E-state index contributed by atoms with van der Waals surface area (Å²) >= 11 is 0. The molecule has 0 saturated heterocycles. The monoisotopic (exact) mass is 263 g/mol. The van der Waals surface area contributed by atoms with Crippen molar-refractivity contribution in [1.29, 1.82) is 0 Å². The summed E-state index contributed by atoms with van der Waals surface area (Å²) in [5.74, 6) is 0.615. The van der Waals surface area contributed by atoms with Gasteiger partial charge in [-0.05, 0) is 24.0 Å². The van der Waals surface area contributed by atoms with Gasteiger partial charge in [-0.15, -0.1) is 0 Å². The summed E-state index contributed by atoms with van der Waals surface area (Å²) in [4.78, 5) is 0. The summed E-state index contributed by atoms with van der Waals surface area (Å²) in [6.07, 6.45) is 2.97. The summed E-state index contributed by atoms with van der Waals surface area (Å²) in [6.45, 7) is 4.89. The van der Waals surface area contributed by atoms with Crippen LogP contribution in [0.1, 0.15) is 36.8 Å². The Morgan fingerprint density at radius 3 is 3.05 bits per heavy atom. The van der Waals surface area contributed by atoms with Gasteiger partial charge in [-0.2, -0.15) is 0 Å². The van der Waals surface area contributed by atoms with E-state index in [1.54, 1.807) is 0 Å². The highest BCUT2D eigenvalue weighted by atomic mass is 16.5. The van der Waals surface area contributed by atoms with Crippen LogP contribution in [0.5, 0.6) is 0 Å². The van der Waals surface area contributed by atoms with Crippen molar-refractivity contribution in [3.05, 3.63) is 35.4 Å². The Hall–Kier alpha value is -0.900. The van der Waals surface area contributed by atoms with Crippen LogP contribution < -0.4 is 5.32 Å². The molecule has 19 heavy (non-hydrogen) atoms. The van der Waals surface area contributed by atoms with E-state index in [1.165, 1.54) is 11.1 Å². The molecule has 1 aromatic rings. The van der Waals surface area contributed by atoms with Crippen LogP contribution in [-0.2, 0) is 11.2 Å². The van der Waals surface area contributed by atoms with E-state index in [-0.39, 0.29) is 0 Å². The van der Waals surface area contributed by atoms with Crippen LogP contribution in [0.15, 0.2) is 24.3 Å². The lowest BCUT2D eigenvalue weighted by Crippen LogP contribution is -2.35. The van der Waals surface area contributed by atoms with Gasteiger partial charge in [0.1, 0.15) is 0 Å². The van der Waals surface area contributed by atoms with E-state index < -0.39 is 6.10 Å². The highest BCUT2D eigenvalue weighted by molar-refractivity contribution is 5.40. The maximum absolute atomic E-state index is 9.76. The van der Waals surface area contributed by atoms with E-state index in [1.807, 2.05) is 0 Å². The summed E-state index contributed by atoms with van der Waals surface area (Å²) in [5.41, 5.74) is 2.93. The lowest BCUT2D eigenvalue weighted by molar-refractivity contribution is 0.0358. The van der Waals surface area contributed by atoms with Crippen molar-refractivity contribution in [3.63, 3.8) is 0 Å². The molecule has 2 N–H and O–H groups in total. The third kappa shape index (κ3) is 4.30. The zero-order valence-corrected chi connectivity index (χ0v) is 11.8. The third-order valence-corrected chi connectivity index (χ3v) is 3.68. The molecule has 1 aliphatic carbocycles. The predicted octanol–water partition coefficient (Wildman–Crippen LogP) is 2.09. The predicted molar refractivity (Wildman–Crippen MR) is 77.5 cm³/mol. The zero-order chi connectivity index (χ0) is 13.5. The first-order valence-electron chi connectivity index (χ1n) is 7.35. The third-order valence-electron chi connectivity index (χ3n) is 3.68. The molecule has 0 amide bonds. The molecule has 1 aliphatic rings. The minimum atomic E-state index is -0.396. The van der Waals surface area contributed by atoms with Gasteiger partial charge < -0.3 is 15.2 Å². The smallest absolute Gasteiger partial charge is 0.0897 e. The van der Waals surface area contributed by atoms with Crippen molar-refractivity contribution in [1.82, 2.24) is 5.32 Å². The Bertz CT molecular complexity index is 381. The van der Waals surface area contributed by atoms with E-state index in [9.17, 15) is 5.11 Å². The van der Waals surface area contributed by atoms with Gasteiger partial charge in [-0.3, -0.25) is 0 Å². The fourth-order valence-corrected chi connectivity index (χ4v) is 2.49. The van der Waals surface area contributed by atoms with Crippen molar-refractivity contribution < 1.29 is 9.84 Å². The second-order valence-electron chi connectivity index (χ2n) is 5.34. The number of rotatable bonds is 9. The van der Waals surface area contributed by atoms with Crippen LogP contribution in [-0.4, -0.2) is 37.5 Å². The van der Waals surface area contributed by atoms with Crippen molar-refractivity contribution in [2.24, 2.45) is 0 Å². The van der Waals surface area contributed by atoms with Gasteiger partial charge in [0, 0.05) is 25.6 Å². The van der Waals surface area contributed by atoms with Crippen molar-refractivity contribution in [2.45, 2.75) is 38.2 Å². The molecular weight excluding hydrogens is 238 g/mol. The first-order valence-corrected chi connectivity index (χ1v) is 7.35. The number of hydrogen-bond donors (Lipinski definition) is 2. The van der Waals surface area contributed by atoms with Gasteiger partial charge in [-0.1, -0.05) is 37.6 Å². The Kier molecular flexibility index (Phi) is 5.83. The summed E-state index contributed by atoms with van der Waals surface area (Å²) in [7, 11) is 0. The topological polar surface area (TPSA) is 41.5 Å². The van der Waals surface area contributed by atoms with Gasteiger partial charge in [0.25, 0.3) is 0 Å². The molecule has 2 atom stereocenters. The van der Waals surface area contributed by atoms with E-state index in [0.717, 1.165) is 32.4 Å². The van der Waals surface area contributed by atoms with Crippen LogP contribution in [0.3, 0.4) is 0 Å². The molecular formula is C16H25NO2. The van der Waals surface area contributed by atoms with Crippen LogP contribution in [0.25, 0.3) is 0 Å². The van der Waals surface area contributed by atoms with E-state index in [0.29, 0.717) is 19.1 Å². The maximum Gasteiger partial charge on any atom is 0.0897 e. The van der Waals surface area contributed by atoms with Crippen molar-refractivity contribution in [3.8, 4) is 0 Å². The van der Waals surface area contributed by atoms with E-state index in [2.05, 4.69) is 36.5 Å². The molecule has 0 bridgehead atoms. The van der Waals surface area contributed by atoms with E-state index in [4.69, 9.17) is 4.74 Å². The van der Waals surface area contributed by atoms with Gasteiger partial charge in [-0.25, -0.2) is 0 Å².